The summed E-state index contributed by atoms with van der Waals surface area (Å²) in [7, 11) is 0. The van der Waals surface area contributed by atoms with Gasteiger partial charge in [-0.05, 0) is 12.5 Å². The Balaban J connectivity index is 2.87. The summed E-state index contributed by atoms with van der Waals surface area (Å²) < 4.78 is 36.7. The van der Waals surface area contributed by atoms with Gasteiger partial charge < -0.3 is 10.3 Å². The third kappa shape index (κ3) is 3.30. The second kappa shape index (κ2) is 3.96. The standard InChI is InChI=1S/C9H11F3N2O/c1-6-4-8(15)14(5-7(6)13)3-2-9(10,11)12/h4-5H,2-3,13H2,1H3. The van der Waals surface area contributed by atoms with Crippen molar-refractivity contribution >= 4 is 5.69 Å². The molecule has 6 heteroatoms. The molecule has 0 aliphatic carbocycles. The van der Waals surface area contributed by atoms with Crippen molar-refractivity contribution < 1.29 is 13.2 Å². The Bertz CT molecular complexity index is 409. The zero-order chi connectivity index (χ0) is 11.6. The Morgan fingerprint density at radius 2 is 2.07 bits per heavy atom. The highest BCUT2D eigenvalue weighted by Crippen LogP contribution is 2.20. The number of aryl methyl sites for hydroxylation is 2. The molecule has 0 bridgehead atoms. The lowest BCUT2D eigenvalue weighted by molar-refractivity contribution is -0.136. The van der Waals surface area contributed by atoms with Gasteiger partial charge in [-0.1, -0.05) is 0 Å². The molecule has 0 aliphatic heterocycles. The summed E-state index contributed by atoms with van der Waals surface area (Å²) in [5, 5.41) is 0. The second-order valence-electron chi connectivity index (χ2n) is 3.31. The van der Waals surface area contributed by atoms with Crippen molar-refractivity contribution in [3.8, 4) is 0 Å². The van der Waals surface area contributed by atoms with Gasteiger partial charge in [0.25, 0.3) is 5.56 Å². The quantitative estimate of drug-likeness (QED) is 0.824. The number of pyridine rings is 1. The molecule has 0 spiro atoms. The monoisotopic (exact) mass is 220 g/mol. The van der Waals surface area contributed by atoms with Crippen molar-refractivity contribution in [1.82, 2.24) is 4.57 Å². The molecule has 1 aromatic rings. The molecule has 0 amide bonds. The number of hydrogen-bond donors (Lipinski definition) is 1. The van der Waals surface area contributed by atoms with Gasteiger partial charge in [0, 0.05) is 18.8 Å². The number of aromatic nitrogens is 1. The Kier molecular flexibility index (Phi) is 3.06. The molecule has 1 heterocycles. The smallest absolute Gasteiger partial charge is 0.390 e. The minimum absolute atomic E-state index is 0.316. The molecule has 3 nitrogen and oxygen atoms in total. The second-order valence-corrected chi connectivity index (χ2v) is 3.31. The zero-order valence-corrected chi connectivity index (χ0v) is 8.14. The first-order chi connectivity index (χ1) is 6.79. The molecule has 15 heavy (non-hydrogen) atoms. The van der Waals surface area contributed by atoms with Crippen LogP contribution in [0.4, 0.5) is 18.9 Å². The van der Waals surface area contributed by atoms with Gasteiger partial charge in [-0.2, -0.15) is 13.2 Å². The molecule has 0 aliphatic rings. The highest BCUT2D eigenvalue weighted by molar-refractivity contribution is 5.42. The molecular weight excluding hydrogens is 209 g/mol. The molecule has 0 fully saturated rings. The average Bonchev–Trinajstić information content (AvgIpc) is 2.07. The summed E-state index contributed by atoms with van der Waals surface area (Å²) in [6.45, 7) is 1.23. The number of nitrogens with zero attached hydrogens (tertiary/aromatic N) is 1. The largest absolute Gasteiger partial charge is 0.397 e. The predicted molar refractivity (Wildman–Crippen MR) is 50.5 cm³/mol. The van der Waals surface area contributed by atoms with Crippen LogP contribution in [-0.4, -0.2) is 10.7 Å². The van der Waals surface area contributed by atoms with Crippen molar-refractivity contribution in [2.45, 2.75) is 26.1 Å². The van der Waals surface area contributed by atoms with Crippen LogP contribution < -0.4 is 11.3 Å². The maximum Gasteiger partial charge on any atom is 0.390 e. The van der Waals surface area contributed by atoms with Gasteiger partial charge in [0.15, 0.2) is 0 Å². The van der Waals surface area contributed by atoms with Gasteiger partial charge in [0.05, 0.1) is 12.1 Å². The topological polar surface area (TPSA) is 48.0 Å². The van der Waals surface area contributed by atoms with Crippen LogP contribution in [-0.2, 0) is 6.54 Å². The van der Waals surface area contributed by atoms with Crippen LogP contribution in [0.25, 0.3) is 0 Å². The fourth-order valence-electron chi connectivity index (χ4n) is 1.11. The molecule has 1 rings (SSSR count). The maximum atomic E-state index is 11.9. The van der Waals surface area contributed by atoms with Gasteiger partial charge in [0.2, 0.25) is 0 Å². The van der Waals surface area contributed by atoms with Gasteiger partial charge in [0.1, 0.15) is 0 Å². The number of nitrogen functional groups attached to an aromatic ring is 1. The third-order valence-corrected chi connectivity index (χ3v) is 2.01. The SMILES string of the molecule is Cc1cc(=O)n(CCC(F)(F)F)cc1N. The first kappa shape index (κ1) is 11.6. The van der Waals surface area contributed by atoms with Crippen LogP contribution in [0.3, 0.4) is 0 Å². The minimum Gasteiger partial charge on any atom is -0.397 e. The van der Waals surface area contributed by atoms with Crippen molar-refractivity contribution in [3.63, 3.8) is 0 Å². The molecule has 0 saturated heterocycles. The molecule has 0 unspecified atom stereocenters. The van der Waals surface area contributed by atoms with Crippen molar-refractivity contribution in [2.75, 3.05) is 5.73 Å². The number of hydrogen-bond acceptors (Lipinski definition) is 2. The fraction of sp³-hybridized carbons (Fsp3) is 0.444. The first-order valence-electron chi connectivity index (χ1n) is 4.33. The van der Waals surface area contributed by atoms with E-state index in [2.05, 4.69) is 0 Å². The predicted octanol–water partition coefficient (Wildman–Crippen LogP) is 1.69. The lowest BCUT2D eigenvalue weighted by atomic mass is 10.2. The van der Waals surface area contributed by atoms with E-state index in [9.17, 15) is 18.0 Å². The summed E-state index contributed by atoms with van der Waals surface area (Å²) in [6.07, 6.45) is -4.06. The number of alkyl halides is 3. The van der Waals surface area contributed by atoms with Crippen LogP contribution in [0.15, 0.2) is 17.1 Å². The van der Waals surface area contributed by atoms with Gasteiger partial charge in [-0.3, -0.25) is 4.79 Å². The van der Waals surface area contributed by atoms with E-state index < -0.39 is 24.7 Å². The van der Waals surface area contributed by atoms with E-state index in [4.69, 9.17) is 5.73 Å². The molecule has 0 saturated carbocycles. The zero-order valence-electron chi connectivity index (χ0n) is 8.14. The van der Waals surface area contributed by atoms with Crippen LogP contribution in [0.1, 0.15) is 12.0 Å². The van der Waals surface area contributed by atoms with Crippen molar-refractivity contribution in [3.05, 3.63) is 28.2 Å². The van der Waals surface area contributed by atoms with E-state index in [-0.39, 0.29) is 0 Å². The molecule has 84 valence electrons. The van der Waals surface area contributed by atoms with Gasteiger partial charge in [-0.25, -0.2) is 0 Å². The van der Waals surface area contributed by atoms with E-state index in [1.54, 1.807) is 6.92 Å². The summed E-state index contributed by atoms with van der Waals surface area (Å²) in [5.41, 5.74) is 5.91. The van der Waals surface area contributed by atoms with Gasteiger partial charge >= 0.3 is 6.18 Å². The van der Waals surface area contributed by atoms with Crippen molar-refractivity contribution in [2.24, 2.45) is 0 Å². The highest BCUT2D eigenvalue weighted by atomic mass is 19.4. The average molecular weight is 220 g/mol. The number of halogens is 3. The fourth-order valence-corrected chi connectivity index (χ4v) is 1.11. The van der Waals surface area contributed by atoms with E-state index >= 15 is 0 Å². The Hall–Kier alpha value is -1.46. The minimum atomic E-state index is -4.26. The Labute approximate surface area is 84.3 Å². The summed E-state index contributed by atoms with van der Waals surface area (Å²) in [4.78, 5) is 11.2. The number of rotatable bonds is 2. The van der Waals surface area contributed by atoms with E-state index in [0.29, 0.717) is 11.3 Å². The van der Waals surface area contributed by atoms with E-state index in [1.807, 2.05) is 0 Å². The van der Waals surface area contributed by atoms with Crippen LogP contribution in [0.2, 0.25) is 0 Å². The first-order valence-corrected chi connectivity index (χ1v) is 4.33. The van der Waals surface area contributed by atoms with E-state index in [1.165, 1.54) is 12.3 Å². The molecule has 0 aromatic carbocycles. The molecule has 0 atom stereocenters. The normalized spacial score (nSPS) is 11.7. The Morgan fingerprint density at radius 1 is 1.47 bits per heavy atom. The molecule has 2 N–H and O–H groups in total. The summed E-state index contributed by atoms with van der Waals surface area (Å²) in [5.74, 6) is 0. The highest BCUT2D eigenvalue weighted by Gasteiger charge is 2.26. The molecule has 1 aromatic heterocycles. The summed E-state index contributed by atoms with van der Waals surface area (Å²) in [6, 6.07) is 1.23. The summed E-state index contributed by atoms with van der Waals surface area (Å²) >= 11 is 0. The Morgan fingerprint density at radius 3 is 2.60 bits per heavy atom. The lowest BCUT2D eigenvalue weighted by Crippen LogP contribution is -2.23. The van der Waals surface area contributed by atoms with Crippen molar-refractivity contribution in [1.29, 1.82) is 0 Å². The van der Waals surface area contributed by atoms with Crippen LogP contribution in [0.5, 0.6) is 0 Å². The lowest BCUT2D eigenvalue weighted by Gasteiger charge is -2.10. The maximum absolute atomic E-state index is 11.9. The molecular formula is C9H11F3N2O. The van der Waals surface area contributed by atoms with Crippen LogP contribution in [0, 0.1) is 6.92 Å². The number of nitrogens with two attached hydrogens (primary N) is 1. The van der Waals surface area contributed by atoms with Gasteiger partial charge in [-0.15, -0.1) is 0 Å². The van der Waals surface area contributed by atoms with E-state index in [0.717, 1.165) is 4.57 Å². The number of anilines is 1. The van der Waals surface area contributed by atoms with Crippen LogP contribution >= 0.6 is 0 Å². The molecule has 0 radical (unpaired) electrons. The third-order valence-electron chi connectivity index (χ3n) is 2.01.